The molecule has 1 N–H and O–H groups in total. The molecule has 1 nitrogen and oxygen atoms in total. The monoisotopic (exact) mass is 181 g/mol. The van der Waals surface area contributed by atoms with Crippen LogP contribution in [0.15, 0.2) is 0 Å². The Hall–Kier alpha value is -0.0400. The van der Waals surface area contributed by atoms with E-state index in [1.54, 1.807) is 0 Å². The van der Waals surface area contributed by atoms with Gasteiger partial charge in [-0.05, 0) is 44.4 Å². The van der Waals surface area contributed by atoms with Crippen molar-refractivity contribution in [2.45, 2.75) is 64.5 Å². The number of hydrogen-bond donors (Lipinski definition) is 1. The number of nitrogens with one attached hydrogen (secondary N) is 1. The maximum absolute atomic E-state index is 3.81. The Morgan fingerprint density at radius 2 is 1.77 bits per heavy atom. The summed E-state index contributed by atoms with van der Waals surface area (Å²) in [6, 6.07) is 1.62. The summed E-state index contributed by atoms with van der Waals surface area (Å²) < 4.78 is 0. The topological polar surface area (TPSA) is 12.0 Å². The van der Waals surface area contributed by atoms with E-state index < -0.39 is 0 Å². The molecule has 2 rings (SSSR count). The first-order valence-corrected chi connectivity index (χ1v) is 6.03. The summed E-state index contributed by atoms with van der Waals surface area (Å²) >= 11 is 0. The van der Waals surface area contributed by atoms with E-state index in [-0.39, 0.29) is 0 Å². The Morgan fingerprint density at radius 1 is 1.08 bits per heavy atom. The zero-order chi connectivity index (χ0) is 9.26. The molecule has 1 heteroatoms. The Labute approximate surface area is 82.3 Å². The van der Waals surface area contributed by atoms with Crippen LogP contribution in [0, 0.1) is 11.8 Å². The second kappa shape index (κ2) is 4.00. The standard InChI is InChI=1S/C12H23N/c1-9-7-8-12(9)13-10(2)11-5-3-4-6-11/h9-13H,3-8H2,1-2H3. The molecule has 0 spiro atoms. The smallest absolute Gasteiger partial charge is 0.00954 e. The Morgan fingerprint density at radius 3 is 2.23 bits per heavy atom. The van der Waals surface area contributed by atoms with Gasteiger partial charge in [0.25, 0.3) is 0 Å². The Bertz CT molecular complexity index is 161. The van der Waals surface area contributed by atoms with Gasteiger partial charge in [-0.15, -0.1) is 0 Å². The first-order valence-electron chi connectivity index (χ1n) is 6.03. The van der Waals surface area contributed by atoms with Crippen LogP contribution in [-0.2, 0) is 0 Å². The average molecular weight is 181 g/mol. The van der Waals surface area contributed by atoms with E-state index in [0.29, 0.717) is 0 Å². The van der Waals surface area contributed by atoms with Crippen molar-refractivity contribution in [2.24, 2.45) is 11.8 Å². The molecule has 0 aromatic carbocycles. The number of hydrogen-bond acceptors (Lipinski definition) is 1. The van der Waals surface area contributed by atoms with Crippen LogP contribution in [0.1, 0.15) is 52.4 Å². The van der Waals surface area contributed by atoms with Gasteiger partial charge in [-0.25, -0.2) is 0 Å². The van der Waals surface area contributed by atoms with E-state index in [4.69, 9.17) is 0 Å². The SMILES string of the molecule is CC1CCC1NC(C)C1CCCC1. The van der Waals surface area contributed by atoms with Crippen molar-refractivity contribution in [3.8, 4) is 0 Å². The molecule has 13 heavy (non-hydrogen) atoms. The normalized spacial score (nSPS) is 37.4. The van der Waals surface area contributed by atoms with E-state index in [2.05, 4.69) is 19.2 Å². The lowest BCUT2D eigenvalue weighted by Gasteiger charge is -2.38. The van der Waals surface area contributed by atoms with E-state index in [1.165, 1.54) is 38.5 Å². The molecule has 0 amide bonds. The van der Waals surface area contributed by atoms with Crippen molar-refractivity contribution in [2.75, 3.05) is 0 Å². The molecule has 0 bridgehead atoms. The van der Waals surface area contributed by atoms with Gasteiger partial charge in [0.05, 0.1) is 0 Å². The molecule has 2 fully saturated rings. The van der Waals surface area contributed by atoms with Crippen molar-refractivity contribution >= 4 is 0 Å². The lowest BCUT2D eigenvalue weighted by molar-refractivity contribution is 0.193. The summed E-state index contributed by atoms with van der Waals surface area (Å²) in [5, 5.41) is 3.81. The average Bonchev–Trinajstić information content (AvgIpc) is 2.64. The summed E-state index contributed by atoms with van der Waals surface area (Å²) in [6.07, 6.45) is 8.73. The number of rotatable bonds is 3. The van der Waals surface area contributed by atoms with Crippen molar-refractivity contribution in [3.63, 3.8) is 0 Å². The molecule has 0 radical (unpaired) electrons. The maximum atomic E-state index is 3.81. The molecule has 76 valence electrons. The minimum atomic E-state index is 0.773. The van der Waals surface area contributed by atoms with Gasteiger partial charge in [-0.2, -0.15) is 0 Å². The molecular weight excluding hydrogens is 158 g/mol. The molecule has 2 aliphatic carbocycles. The van der Waals surface area contributed by atoms with Crippen LogP contribution >= 0.6 is 0 Å². The highest BCUT2D eigenvalue weighted by Crippen LogP contribution is 2.31. The highest BCUT2D eigenvalue weighted by Gasteiger charge is 2.30. The van der Waals surface area contributed by atoms with Crippen LogP contribution in [-0.4, -0.2) is 12.1 Å². The fraction of sp³-hybridized carbons (Fsp3) is 1.00. The van der Waals surface area contributed by atoms with Crippen LogP contribution < -0.4 is 5.32 Å². The van der Waals surface area contributed by atoms with E-state index >= 15 is 0 Å². The largest absolute Gasteiger partial charge is 0.311 e. The Kier molecular flexibility index (Phi) is 2.92. The van der Waals surface area contributed by atoms with E-state index in [9.17, 15) is 0 Å². The van der Waals surface area contributed by atoms with Crippen LogP contribution in [0.5, 0.6) is 0 Å². The molecule has 0 aromatic rings. The van der Waals surface area contributed by atoms with E-state index in [0.717, 1.165) is 23.9 Å². The molecule has 0 saturated heterocycles. The molecular formula is C12H23N. The molecule has 0 aliphatic heterocycles. The van der Waals surface area contributed by atoms with Crippen molar-refractivity contribution in [1.29, 1.82) is 0 Å². The molecule has 0 aromatic heterocycles. The molecule has 2 saturated carbocycles. The van der Waals surface area contributed by atoms with Crippen molar-refractivity contribution in [3.05, 3.63) is 0 Å². The van der Waals surface area contributed by atoms with Crippen molar-refractivity contribution in [1.82, 2.24) is 5.32 Å². The van der Waals surface area contributed by atoms with Gasteiger partial charge in [0.15, 0.2) is 0 Å². The lowest BCUT2D eigenvalue weighted by Crippen LogP contribution is -2.48. The summed E-state index contributed by atoms with van der Waals surface area (Å²) in [5.41, 5.74) is 0. The highest BCUT2D eigenvalue weighted by molar-refractivity contribution is 4.88. The third kappa shape index (κ3) is 2.07. The van der Waals surface area contributed by atoms with E-state index in [1.807, 2.05) is 0 Å². The van der Waals surface area contributed by atoms with Gasteiger partial charge < -0.3 is 5.32 Å². The molecule has 3 unspecified atom stereocenters. The summed E-state index contributed by atoms with van der Waals surface area (Å²) in [7, 11) is 0. The van der Waals surface area contributed by atoms with Gasteiger partial charge >= 0.3 is 0 Å². The molecule has 2 aliphatic rings. The molecule has 3 atom stereocenters. The van der Waals surface area contributed by atoms with Crippen LogP contribution in [0.4, 0.5) is 0 Å². The fourth-order valence-corrected chi connectivity index (χ4v) is 2.85. The highest BCUT2D eigenvalue weighted by atomic mass is 15.0. The van der Waals surface area contributed by atoms with Crippen LogP contribution in [0.3, 0.4) is 0 Å². The second-order valence-corrected chi connectivity index (χ2v) is 5.16. The second-order valence-electron chi connectivity index (χ2n) is 5.16. The fourth-order valence-electron chi connectivity index (χ4n) is 2.85. The third-order valence-electron chi connectivity index (χ3n) is 4.20. The third-order valence-corrected chi connectivity index (χ3v) is 4.20. The van der Waals surface area contributed by atoms with Crippen molar-refractivity contribution < 1.29 is 0 Å². The zero-order valence-corrected chi connectivity index (χ0v) is 9.05. The van der Waals surface area contributed by atoms with Gasteiger partial charge in [0.1, 0.15) is 0 Å². The lowest BCUT2D eigenvalue weighted by atomic mass is 9.80. The predicted octanol–water partition coefficient (Wildman–Crippen LogP) is 2.95. The zero-order valence-electron chi connectivity index (χ0n) is 9.05. The maximum Gasteiger partial charge on any atom is 0.00954 e. The first-order chi connectivity index (χ1) is 6.27. The minimum absolute atomic E-state index is 0.773. The molecule has 0 heterocycles. The van der Waals surface area contributed by atoms with Gasteiger partial charge in [-0.1, -0.05) is 19.8 Å². The predicted molar refractivity (Wildman–Crippen MR) is 56.7 cm³/mol. The first kappa shape index (κ1) is 9.51. The van der Waals surface area contributed by atoms with Gasteiger partial charge in [0.2, 0.25) is 0 Å². The van der Waals surface area contributed by atoms with Gasteiger partial charge in [0, 0.05) is 12.1 Å². The van der Waals surface area contributed by atoms with Crippen LogP contribution in [0.2, 0.25) is 0 Å². The van der Waals surface area contributed by atoms with Gasteiger partial charge in [-0.3, -0.25) is 0 Å². The minimum Gasteiger partial charge on any atom is -0.311 e. The van der Waals surface area contributed by atoms with Crippen LogP contribution in [0.25, 0.3) is 0 Å². The Balaban J connectivity index is 1.73. The summed E-state index contributed by atoms with van der Waals surface area (Å²) in [5.74, 6) is 1.91. The summed E-state index contributed by atoms with van der Waals surface area (Å²) in [4.78, 5) is 0. The summed E-state index contributed by atoms with van der Waals surface area (Å²) in [6.45, 7) is 4.77. The quantitative estimate of drug-likeness (QED) is 0.706.